The fourth-order valence-corrected chi connectivity index (χ4v) is 5.38. The molecule has 0 bridgehead atoms. The van der Waals surface area contributed by atoms with E-state index in [4.69, 9.17) is 4.74 Å². The SMILES string of the molecule is CCCC1CCCC(O)(C2CCOC3(CCCC3)C2)CC1. The second-order valence-corrected chi connectivity index (χ2v) is 8.12. The Labute approximate surface area is 130 Å². The van der Waals surface area contributed by atoms with Crippen LogP contribution >= 0.6 is 0 Å². The topological polar surface area (TPSA) is 29.5 Å². The quantitative estimate of drug-likeness (QED) is 0.755. The van der Waals surface area contributed by atoms with Crippen LogP contribution in [0.2, 0.25) is 0 Å². The van der Waals surface area contributed by atoms with Crippen molar-refractivity contribution in [2.24, 2.45) is 11.8 Å². The smallest absolute Gasteiger partial charge is 0.0686 e. The third kappa shape index (κ3) is 3.47. The fourth-order valence-electron chi connectivity index (χ4n) is 5.38. The summed E-state index contributed by atoms with van der Waals surface area (Å²) in [6.07, 6.45) is 15.9. The molecule has 0 radical (unpaired) electrons. The summed E-state index contributed by atoms with van der Waals surface area (Å²) in [5.41, 5.74) is -0.240. The Morgan fingerprint density at radius 1 is 1.00 bits per heavy atom. The Kier molecular flexibility index (Phi) is 4.95. The molecule has 0 aromatic heterocycles. The summed E-state index contributed by atoms with van der Waals surface area (Å²) in [4.78, 5) is 0. The monoisotopic (exact) mass is 294 g/mol. The largest absolute Gasteiger partial charge is 0.390 e. The predicted octanol–water partition coefficient (Wildman–Crippen LogP) is 4.84. The summed E-state index contributed by atoms with van der Waals surface area (Å²) >= 11 is 0. The lowest BCUT2D eigenvalue weighted by molar-refractivity contribution is -0.144. The first kappa shape index (κ1) is 15.8. The van der Waals surface area contributed by atoms with Gasteiger partial charge in [-0.2, -0.15) is 0 Å². The lowest BCUT2D eigenvalue weighted by atomic mass is 9.72. The van der Waals surface area contributed by atoms with Gasteiger partial charge in [0, 0.05) is 6.61 Å². The molecule has 2 nitrogen and oxygen atoms in total. The zero-order valence-electron chi connectivity index (χ0n) is 13.9. The second-order valence-electron chi connectivity index (χ2n) is 8.12. The van der Waals surface area contributed by atoms with Crippen LogP contribution < -0.4 is 0 Å². The zero-order valence-corrected chi connectivity index (χ0v) is 13.9. The van der Waals surface area contributed by atoms with Gasteiger partial charge in [-0.25, -0.2) is 0 Å². The first-order valence-electron chi connectivity index (χ1n) is 9.52. The normalized spacial score (nSPS) is 40.3. The van der Waals surface area contributed by atoms with Crippen molar-refractivity contribution >= 4 is 0 Å². The Balaban J connectivity index is 1.64. The third-order valence-corrected chi connectivity index (χ3v) is 6.67. The van der Waals surface area contributed by atoms with E-state index in [1.54, 1.807) is 0 Å². The molecule has 1 N–H and O–H groups in total. The highest BCUT2D eigenvalue weighted by molar-refractivity contribution is 4.98. The molecule has 21 heavy (non-hydrogen) atoms. The molecule has 0 aromatic carbocycles. The maximum Gasteiger partial charge on any atom is 0.0686 e. The van der Waals surface area contributed by atoms with Gasteiger partial charge in [-0.1, -0.05) is 45.4 Å². The number of aliphatic hydroxyl groups is 1. The van der Waals surface area contributed by atoms with E-state index < -0.39 is 0 Å². The minimum Gasteiger partial charge on any atom is -0.390 e. The van der Waals surface area contributed by atoms with Gasteiger partial charge in [-0.05, 0) is 56.8 Å². The average Bonchev–Trinajstić information content (AvgIpc) is 2.83. The van der Waals surface area contributed by atoms with Crippen LogP contribution in [0.1, 0.15) is 90.4 Å². The van der Waals surface area contributed by atoms with Crippen LogP contribution in [0.3, 0.4) is 0 Å². The van der Waals surface area contributed by atoms with E-state index in [0.29, 0.717) is 5.92 Å². The van der Waals surface area contributed by atoms with Gasteiger partial charge in [-0.15, -0.1) is 0 Å². The molecule has 2 aliphatic carbocycles. The van der Waals surface area contributed by atoms with E-state index in [1.807, 2.05) is 0 Å². The summed E-state index contributed by atoms with van der Waals surface area (Å²) in [5, 5.41) is 11.4. The molecule has 1 saturated heterocycles. The van der Waals surface area contributed by atoms with Gasteiger partial charge in [0.2, 0.25) is 0 Å². The molecule has 3 rings (SSSR count). The molecular weight excluding hydrogens is 260 g/mol. The van der Waals surface area contributed by atoms with Gasteiger partial charge < -0.3 is 9.84 Å². The first-order chi connectivity index (χ1) is 10.2. The highest BCUT2D eigenvalue weighted by atomic mass is 16.5. The summed E-state index contributed by atoms with van der Waals surface area (Å²) in [7, 11) is 0. The standard InChI is InChI=1S/C19H34O2/c1-2-6-16-7-5-12-19(20,13-8-16)17-9-14-21-18(15-17)10-3-4-11-18/h16-17,20H,2-15H2,1H3. The highest BCUT2D eigenvalue weighted by Gasteiger charge is 2.47. The van der Waals surface area contributed by atoms with Crippen LogP contribution in [0.25, 0.3) is 0 Å². The van der Waals surface area contributed by atoms with Crippen LogP contribution in [0, 0.1) is 11.8 Å². The molecule has 122 valence electrons. The lowest BCUT2D eigenvalue weighted by Crippen LogP contribution is -2.47. The van der Waals surface area contributed by atoms with E-state index in [2.05, 4.69) is 6.92 Å². The molecule has 3 aliphatic rings. The summed E-state index contributed by atoms with van der Waals surface area (Å²) in [5.74, 6) is 1.36. The van der Waals surface area contributed by atoms with Crippen molar-refractivity contribution in [2.75, 3.05) is 6.61 Å². The average molecular weight is 294 g/mol. The lowest BCUT2D eigenvalue weighted by Gasteiger charge is -2.45. The van der Waals surface area contributed by atoms with Crippen LogP contribution in [0.5, 0.6) is 0 Å². The van der Waals surface area contributed by atoms with Crippen molar-refractivity contribution in [2.45, 2.75) is 102 Å². The molecule has 3 atom stereocenters. The first-order valence-corrected chi connectivity index (χ1v) is 9.52. The molecule has 0 amide bonds. The molecule has 1 aliphatic heterocycles. The van der Waals surface area contributed by atoms with Crippen LogP contribution in [0.4, 0.5) is 0 Å². The summed E-state index contributed by atoms with van der Waals surface area (Å²) in [6, 6.07) is 0. The van der Waals surface area contributed by atoms with Gasteiger partial charge in [0.05, 0.1) is 11.2 Å². The Bertz CT molecular complexity index is 334. The van der Waals surface area contributed by atoms with Gasteiger partial charge in [0.15, 0.2) is 0 Å². The van der Waals surface area contributed by atoms with Crippen LogP contribution in [-0.2, 0) is 4.74 Å². The molecule has 1 spiro atoms. The summed E-state index contributed by atoms with van der Waals surface area (Å²) in [6.45, 7) is 3.17. The molecule has 2 saturated carbocycles. The van der Waals surface area contributed by atoms with Crippen molar-refractivity contribution in [3.05, 3.63) is 0 Å². The molecular formula is C19H34O2. The molecule has 3 unspecified atom stereocenters. The Morgan fingerprint density at radius 2 is 1.81 bits per heavy atom. The minimum atomic E-state index is -0.387. The molecule has 1 heterocycles. The molecule has 3 fully saturated rings. The van der Waals surface area contributed by atoms with E-state index in [0.717, 1.165) is 38.2 Å². The fraction of sp³-hybridized carbons (Fsp3) is 1.00. The molecule has 0 aromatic rings. The van der Waals surface area contributed by atoms with E-state index in [9.17, 15) is 5.11 Å². The maximum atomic E-state index is 11.4. The Hall–Kier alpha value is -0.0800. The van der Waals surface area contributed by atoms with Gasteiger partial charge in [0.25, 0.3) is 0 Å². The van der Waals surface area contributed by atoms with Crippen molar-refractivity contribution in [3.8, 4) is 0 Å². The number of hydrogen-bond acceptors (Lipinski definition) is 2. The second kappa shape index (κ2) is 6.58. The Morgan fingerprint density at radius 3 is 2.57 bits per heavy atom. The van der Waals surface area contributed by atoms with Crippen molar-refractivity contribution < 1.29 is 9.84 Å². The van der Waals surface area contributed by atoms with Gasteiger partial charge in [-0.3, -0.25) is 0 Å². The van der Waals surface area contributed by atoms with Crippen molar-refractivity contribution in [3.63, 3.8) is 0 Å². The molecule has 2 heteroatoms. The third-order valence-electron chi connectivity index (χ3n) is 6.67. The van der Waals surface area contributed by atoms with Crippen molar-refractivity contribution in [1.82, 2.24) is 0 Å². The van der Waals surface area contributed by atoms with Gasteiger partial charge in [0.1, 0.15) is 0 Å². The summed E-state index contributed by atoms with van der Waals surface area (Å²) < 4.78 is 6.17. The zero-order chi connectivity index (χ0) is 14.8. The maximum absolute atomic E-state index is 11.4. The number of ether oxygens (including phenoxy) is 1. The number of rotatable bonds is 3. The highest BCUT2D eigenvalue weighted by Crippen LogP contribution is 2.48. The van der Waals surface area contributed by atoms with E-state index >= 15 is 0 Å². The van der Waals surface area contributed by atoms with E-state index in [1.165, 1.54) is 57.8 Å². The minimum absolute atomic E-state index is 0.147. The number of hydrogen-bond donors (Lipinski definition) is 1. The van der Waals surface area contributed by atoms with Crippen LogP contribution in [-0.4, -0.2) is 22.9 Å². The van der Waals surface area contributed by atoms with E-state index in [-0.39, 0.29) is 11.2 Å². The van der Waals surface area contributed by atoms with Crippen LogP contribution in [0.15, 0.2) is 0 Å². The van der Waals surface area contributed by atoms with Crippen molar-refractivity contribution in [1.29, 1.82) is 0 Å². The predicted molar refractivity (Wildman–Crippen MR) is 86.3 cm³/mol. The van der Waals surface area contributed by atoms with Gasteiger partial charge >= 0.3 is 0 Å².